The summed E-state index contributed by atoms with van der Waals surface area (Å²) in [5.41, 5.74) is 14.8. The molecule has 0 aliphatic carbocycles. The average Bonchev–Trinajstić information content (AvgIpc) is 3.77. The van der Waals surface area contributed by atoms with E-state index in [2.05, 4.69) is 67.5 Å². The lowest BCUT2D eigenvalue weighted by Gasteiger charge is -2.28. The van der Waals surface area contributed by atoms with Gasteiger partial charge in [0.25, 0.3) is 0 Å². The highest BCUT2D eigenvalue weighted by molar-refractivity contribution is 7.80. The topological polar surface area (TPSA) is 332 Å². The van der Waals surface area contributed by atoms with Crippen molar-refractivity contribution in [2.75, 3.05) is 24.7 Å². The van der Waals surface area contributed by atoms with Gasteiger partial charge in [-0.05, 0) is 68.8 Å². The lowest BCUT2D eigenvalue weighted by atomic mass is 10.0. The first-order valence-electron chi connectivity index (χ1n) is 23.4. The van der Waals surface area contributed by atoms with E-state index in [1.165, 1.54) is 13.8 Å². The second-order valence-electron chi connectivity index (χ2n) is 17.3. The highest BCUT2D eigenvalue weighted by Gasteiger charge is 2.35. The van der Waals surface area contributed by atoms with Gasteiger partial charge < -0.3 is 69.0 Å². The molecule has 0 fully saturated rings. The minimum atomic E-state index is -1.65. The van der Waals surface area contributed by atoms with Crippen molar-refractivity contribution in [1.29, 1.82) is 0 Å². The third-order valence-electron chi connectivity index (χ3n) is 11.7. The highest BCUT2D eigenvalue weighted by atomic mass is 32.1. The van der Waals surface area contributed by atoms with Crippen LogP contribution in [0.3, 0.4) is 0 Å². The maximum absolute atomic E-state index is 14.6. The summed E-state index contributed by atoms with van der Waals surface area (Å²) in [5, 5.41) is 49.2. The molecule has 0 aliphatic heterocycles. The first-order valence-corrected chi connectivity index (χ1v) is 24.7. The number of aromatic amines is 1. The first-order chi connectivity index (χ1) is 34.0. The van der Waals surface area contributed by atoms with Crippen molar-refractivity contribution in [1.82, 2.24) is 42.2 Å². The van der Waals surface area contributed by atoms with Crippen LogP contribution < -0.4 is 48.7 Å². The predicted molar refractivity (Wildman–Crippen MR) is 275 cm³/mol. The summed E-state index contributed by atoms with van der Waals surface area (Å²) in [4.78, 5) is 100. The van der Waals surface area contributed by atoms with E-state index in [-0.39, 0.29) is 43.7 Å². The molecule has 71 heavy (non-hydrogen) atoms. The lowest BCUT2D eigenvalue weighted by Crippen LogP contribution is -2.62. The molecule has 0 unspecified atom stereocenters. The molecule has 386 valence electrons. The number of fused-ring (bicyclic) bond motifs is 1. The molecule has 0 radical (unpaired) electrons. The van der Waals surface area contributed by atoms with E-state index in [1.54, 1.807) is 36.5 Å². The van der Waals surface area contributed by atoms with Crippen LogP contribution >= 0.6 is 25.3 Å². The Balaban J connectivity index is 1.61. The Hall–Kier alpha value is -6.01. The number of rotatable bonds is 29. The van der Waals surface area contributed by atoms with Gasteiger partial charge in [-0.15, -0.1) is 0 Å². The number of aliphatic hydroxyl groups is 3. The van der Waals surface area contributed by atoms with Gasteiger partial charge in [0.05, 0.1) is 30.9 Å². The zero-order valence-corrected chi connectivity index (χ0v) is 41.5. The first kappa shape index (κ1) is 57.6. The molecular weight excluding hydrogens is 953 g/mol. The lowest BCUT2D eigenvalue weighted by molar-refractivity contribution is -0.136. The molecule has 4 aromatic rings. The second-order valence-corrected chi connectivity index (χ2v) is 18.0. The number of aromatic nitrogens is 1. The van der Waals surface area contributed by atoms with Gasteiger partial charge in [0.1, 0.15) is 36.3 Å². The largest absolute Gasteiger partial charge is 0.394 e. The normalized spacial score (nSPS) is 15.5. The number of H-pyrrole nitrogens is 1. The minimum Gasteiger partial charge on any atom is -0.394 e. The molecule has 4 rings (SSSR count). The van der Waals surface area contributed by atoms with Crippen molar-refractivity contribution in [3.8, 4) is 0 Å². The van der Waals surface area contributed by atoms with Gasteiger partial charge in [-0.25, -0.2) is 0 Å². The summed E-state index contributed by atoms with van der Waals surface area (Å²) in [6.07, 6.45) is -0.0947. The number of carbonyl (C=O) groups excluding carboxylic acids is 7. The molecule has 10 atom stereocenters. The van der Waals surface area contributed by atoms with Gasteiger partial charge in [-0.1, -0.05) is 78.9 Å². The van der Waals surface area contributed by atoms with Gasteiger partial charge in [0.2, 0.25) is 41.4 Å². The highest BCUT2D eigenvalue weighted by Crippen LogP contribution is 2.20. The maximum atomic E-state index is 14.6. The number of thiol groups is 2. The molecule has 22 heteroatoms. The van der Waals surface area contributed by atoms with Crippen LogP contribution in [0.15, 0.2) is 91.1 Å². The Morgan fingerprint density at radius 3 is 1.59 bits per heavy atom. The van der Waals surface area contributed by atoms with E-state index in [0.29, 0.717) is 24.0 Å². The molecule has 1 heterocycles. The molecule has 0 aliphatic rings. The summed E-state index contributed by atoms with van der Waals surface area (Å²) >= 11 is 8.47. The maximum Gasteiger partial charge on any atom is 0.245 e. The third-order valence-corrected chi connectivity index (χ3v) is 12.4. The number of nitrogens with one attached hydrogen (secondary N) is 8. The zero-order chi connectivity index (χ0) is 52.0. The molecule has 1 aromatic heterocycles. The fourth-order valence-electron chi connectivity index (χ4n) is 7.52. The van der Waals surface area contributed by atoms with Crippen molar-refractivity contribution in [2.45, 2.75) is 113 Å². The van der Waals surface area contributed by atoms with Crippen molar-refractivity contribution < 1.29 is 48.9 Å². The van der Waals surface area contributed by atoms with E-state index < -0.39 is 108 Å². The molecule has 3 aromatic carbocycles. The van der Waals surface area contributed by atoms with Gasteiger partial charge in [-0.2, -0.15) is 25.3 Å². The number of amides is 7. The fourth-order valence-corrected chi connectivity index (χ4v) is 8.03. The smallest absolute Gasteiger partial charge is 0.245 e. The number of hydrogen-bond acceptors (Lipinski definition) is 14. The summed E-state index contributed by atoms with van der Waals surface area (Å²) < 4.78 is 0. The van der Waals surface area contributed by atoms with E-state index in [4.69, 9.17) is 11.5 Å². The Labute approximate surface area is 423 Å². The minimum absolute atomic E-state index is 0.0127. The van der Waals surface area contributed by atoms with Crippen LogP contribution in [-0.2, 0) is 52.8 Å². The molecular formula is C49H68N10O10S2. The number of unbranched alkanes of at least 4 members (excludes halogenated alkanes) is 1. The van der Waals surface area contributed by atoms with Crippen LogP contribution in [0.2, 0.25) is 0 Å². The molecule has 0 saturated carbocycles. The number of benzene rings is 3. The van der Waals surface area contributed by atoms with Gasteiger partial charge >= 0.3 is 0 Å². The van der Waals surface area contributed by atoms with E-state index in [1.807, 2.05) is 54.6 Å². The molecule has 15 N–H and O–H groups in total. The third kappa shape index (κ3) is 18.0. The van der Waals surface area contributed by atoms with Crippen molar-refractivity contribution in [2.24, 2.45) is 11.5 Å². The summed E-state index contributed by atoms with van der Waals surface area (Å²) in [7, 11) is 0. The van der Waals surface area contributed by atoms with Crippen molar-refractivity contribution >= 4 is 77.5 Å². The Kier molecular flexibility index (Phi) is 23.8. The van der Waals surface area contributed by atoms with Gasteiger partial charge in [0.15, 0.2) is 0 Å². The summed E-state index contributed by atoms with van der Waals surface area (Å²) in [6.45, 7) is 2.25. The predicted octanol–water partition coefficient (Wildman–Crippen LogP) is -1.34. The van der Waals surface area contributed by atoms with E-state index in [0.717, 1.165) is 16.5 Å². The van der Waals surface area contributed by atoms with Crippen LogP contribution in [0.5, 0.6) is 0 Å². The number of nitrogens with two attached hydrogens (primary N) is 2. The molecule has 20 nitrogen and oxygen atoms in total. The van der Waals surface area contributed by atoms with Crippen molar-refractivity contribution in [3.63, 3.8) is 0 Å². The van der Waals surface area contributed by atoms with Crippen molar-refractivity contribution in [3.05, 3.63) is 108 Å². The summed E-state index contributed by atoms with van der Waals surface area (Å²) in [5.74, 6) is -5.96. The SMILES string of the molecule is C[C@@H](O)[C@H](NC(=O)[C@H](CCCCN)NC(=O)[C@@H](Cc1c[nH]c2ccccc12)NC(=O)[C@@H](Cc1ccccc1)NC(=O)[C@@H](CS)NC(=O)[C@@H](N)Cc1ccccc1)C(=O)N[C@@H](CS)C(=O)N[C@H](CO)[C@@H](C)O. The molecule has 0 bridgehead atoms. The van der Waals surface area contributed by atoms with Gasteiger partial charge in [-0.3, -0.25) is 33.6 Å². The standard InChI is InChI=1S/C49H68N10O10S2/c1-28(61)39(25-60)56-48(68)41(27-71)58-49(69)42(29(2)62)59-44(64)36(19-11-12-20-50)53-46(66)38(23-32-24-52-35-18-10-9-17-33(32)35)55-45(65)37(22-31-15-7-4-8-16-31)54-47(67)40(26-70)57-43(63)34(51)21-30-13-5-3-6-14-30/h3-10,13-18,24,28-29,34,36-42,52,60-62,70-71H,11-12,19-23,25-27,50-51H2,1-2H3,(H,53,66)(H,54,67)(H,55,65)(H,56,68)(H,57,63)(H,58,69)(H,59,64)/t28-,29-,34+,36+,37-,38-,39-,40-,41+,42+/m1/s1. The molecule has 0 saturated heterocycles. The zero-order valence-electron chi connectivity index (χ0n) is 39.8. The Morgan fingerprint density at radius 1 is 0.563 bits per heavy atom. The van der Waals surface area contributed by atoms with Crippen LogP contribution in [0.25, 0.3) is 10.9 Å². The van der Waals surface area contributed by atoms with E-state index >= 15 is 0 Å². The monoisotopic (exact) mass is 1020 g/mol. The van der Waals surface area contributed by atoms with E-state index in [9.17, 15) is 48.9 Å². The van der Waals surface area contributed by atoms with Crippen LogP contribution in [0.1, 0.15) is 49.8 Å². The van der Waals surface area contributed by atoms with Gasteiger partial charge in [0, 0.05) is 41.4 Å². The number of hydrogen-bond donors (Lipinski definition) is 15. The average molecular weight is 1020 g/mol. The number of carbonyl (C=O) groups is 7. The van der Waals surface area contributed by atoms with Crippen LogP contribution in [0, 0.1) is 0 Å². The Bertz CT molecular complexity index is 2360. The van der Waals surface area contributed by atoms with Crippen LogP contribution in [-0.4, -0.2) is 147 Å². The molecule has 7 amide bonds. The Morgan fingerprint density at radius 2 is 1.04 bits per heavy atom. The fraction of sp³-hybridized carbons (Fsp3) is 0.449. The molecule has 0 spiro atoms. The second kappa shape index (κ2) is 29.4. The van der Waals surface area contributed by atoms with Crippen LogP contribution in [0.4, 0.5) is 0 Å². The quantitative estimate of drug-likeness (QED) is 0.0222. The number of aliphatic hydroxyl groups excluding tert-OH is 3. The number of para-hydroxylation sites is 1. The summed E-state index contributed by atoms with van der Waals surface area (Å²) in [6, 6.07) is 15.0.